The second-order valence-corrected chi connectivity index (χ2v) is 13.1. The Bertz CT molecular complexity index is 1550. The number of rotatable bonds is 11. The lowest BCUT2D eigenvalue weighted by atomic mass is 10.0. The summed E-state index contributed by atoms with van der Waals surface area (Å²) in [6, 6.07) is 5.03. The molecule has 3 aromatic rings. The number of hydrogen-bond acceptors (Lipinski definition) is 11. The van der Waals surface area contributed by atoms with Crippen LogP contribution in [-0.2, 0) is 25.2 Å². The van der Waals surface area contributed by atoms with Crippen LogP contribution < -0.4 is 16.2 Å². The van der Waals surface area contributed by atoms with E-state index in [9.17, 15) is 43.8 Å². The molecule has 4 rings (SSSR count). The first-order valence-electron chi connectivity index (χ1n) is 12.4. The van der Waals surface area contributed by atoms with Crippen molar-refractivity contribution in [2.45, 2.75) is 55.8 Å². The fourth-order valence-electron chi connectivity index (χ4n) is 4.39. The van der Waals surface area contributed by atoms with Crippen LogP contribution in [0.5, 0.6) is 0 Å². The van der Waals surface area contributed by atoms with E-state index in [1.54, 1.807) is 0 Å². The molecule has 1 amide bonds. The summed E-state index contributed by atoms with van der Waals surface area (Å²) < 4.78 is 35.1. The molecule has 0 aliphatic carbocycles. The predicted molar refractivity (Wildman–Crippen MR) is 141 cm³/mol. The number of fused-ring (bicyclic) bond motifs is 1. The number of aliphatic hydroxyl groups is 3. The van der Waals surface area contributed by atoms with Gasteiger partial charge in [-0.3, -0.25) is 18.5 Å². The molecule has 9 N–H and O–H groups in total. The summed E-state index contributed by atoms with van der Waals surface area (Å²) in [6.07, 6.45) is -6.68. The third kappa shape index (κ3) is 7.30. The quantitative estimate of drug-likeness (QED) is 0.105. The van der Waals surface area contributed by atoms with Crippen LogP contribution in [0, 0.1) is 0 Å². The first kappa shape index (κ1) is 31.9. The van der Waals surface area contributed by atoms with E-state index in [0.29, 0.717) is 5.56 Å². The van der Waals surface area contributed by atoms with Gasteiger partial charge < -0.3 is 54.7 Å². The summed E-state index contributed by atoms with van der Waals surface area (Å²) in [5.74, 6) is 0. The van der Waals surface area contributed by atoms with Crippen molar-refractivity contribution in [2.24, 2.45) is 0 Å². The minimum Gasteiger partial charge on any atom is -0.445 e. The summed E-state index contributed by atoms with van der Waals surface area (Å²) >= 11 is 0. The zero-order valence-corrected chi connectivity index (χ0v) is 23.4. The van der Waals surface area contributed by atoms with Gasteiger partial charge >= 0.3 is 21.3 Å². The van der Waals surface area contributed by atoms with E-state index in [-0.39, 0.29) is 35.9 Å². The Balaban J connectivity index is 1.31. The summed E-state index contributed by atoms with van der Waals surface area (Å²) in [5.41, 5.74) is -1.57. The van der Waals surface area contributed by atoms with Gasteiger partial charge in [-0.05, 0) is 30.5 Å². The molecule has 1 fully saturated rings. The maximum absolute atomic E-state index is 12.1. The molecule has 20 heteroatoms. The molecule has 0 saturated carbocycles. The normalized spacial score (nSPS) is 22.6. The van der Waals surface area contributed by atoms with E-state index in [2.05, 4.69) is 20.3 Å². The third-order valence-corrected chi connectivity index (χ3v) is 9.05. The van der Waals surface area contributed by atoms with Crippen LogP contribution in [0.25, 0.3) is 11.2 Å². The predicted octanol–water partition coefficient (Wildman–Crippen LogP) is -1.84. The number of nitrogens with one attached hydrogen (secondary N) is 2. The Morgan fingerprint density at radius 3 is 2.43 bits per heavy atom. The van der Waals surface area contributed by atoms with Crippen LogP contribution in [0.3, 0.4) is 0 Å². The molecule has 42 heavy (non-hydrogen) atoms. The number of hydrogen-bond donors (Lipinski definition) is 9. The largest absolute Gasteiger partial charge is 0.445 e. The van der Waals surface area contributed by atoms with Gasteiger partial charge in [0.2, 0.25) is 0 Å². The van der Waals surface area contributed by atoms with Crippen molar-refractivity contribution in [2.75, 3.05) is 6.54 Å². The zero-order valence-electron chi connectivity index (χ0n) is 21.6. The Hall–Kier alpha value is -3.02. The van der Waals surface area contributed by atoms with Gasteiger partial charge in [0.1, 0.15) is 24.9 Å². The van der Waals surface area contributed by atoms with Crippen LogP contribution in [0.15, 0.2) is 41.7 Å². The Morgan fingerprint density at radius 1 is 1.10 bits per heavy atom. The van der Waals surface area contributed by atoms with E-state index in [1.165, 1.54) is 35.2 Å². The highest BCUT2D eigenvalue weighted by Crippen LogP contribution is 2.44. The van der Waals surface area contributed by atoms with Crippen LogP contribution in [0.2, 0.25) is 0 Å². The number of aromatic nitrogens is 4. The monoisotopic (exact) mass is 633 g/mol. The molecule has 1 aliphatic rings. The van der Waals surface area contributed by atoms with Crippen molar-refractivity contribution < 1.29 is 58.3 Å². The minimum atomic E-state index is -4.79. The van der Waals surface area contributed by atoms with Crippen LogP contribution in [-0.4, -0.2) is 97.1 Å². The van der Waals surface area contributed by atoms with Crippen molar-refractivity contribution in [3.8, 4) is 0 Å². The third-order valence-electron chi connectivity index (χ3n) is 6.69. The SMILES string of the molecule is O=C(NCC(CCC(O)[C@H]1O[C@@H](n2cnc3c(=O)[nH]cnc32)[C@H](O)[C@@H]1O)P(=O)(O)O)OCc1ccc(P(=O)(O)O)cc1. The van der Waals surface area contributed by atoms with Crippen LogP contribution in [0.1, 0.15) is 24.6 Å². The Morgan fingerprint density at radius 2 is 1.79 bits per heavy atom. The number of carbonyl (C=O) groups excluding carboxylic acids is 1. The van der Waals surface area contributed by atoms with Gasteiger partial charge in [0.05, 0.1) is 29.7 Å². The van der Waals surface area contributed by atoms with E-state index in [4.69, 9.17) is 19.3 Å². The fraction of sp³-hybridized carbons (Fsp3) is 0.455. The van der Waals surface area contributed by atoms with Crippen molar-refractivity contribution in [1.82, 2.24) is 24.8 Å². The molecular weight excluding hydrogens is 604 g/mol. The van der Waals surface area contributed by atoms with Gasteiger partial charge in [-0.15, -0.1) is 0 Å². The number of H-pyrrole nitrogens is 1. The molecule has 0 bridgehead atoms. The summed E-state index contributed by atoms with van der Waals surface area (Å²) in [7, 11) is -9.22. The van der Waals surface area contributed by atoms with Gasteiger partial charge in [0.15, 0.2) is 17.4 Å². The summed E-state index contributed by atoms with van der Waals surface area (Å²) in [4.78, 5) is 72.0. The smallest absolute Gasteiger partial charge is 0.407 e. The number of ether oxygens (including phenoxy) is 2. The van der Waals surface area contributed by atoms with Gasteiger partial charge in [-0.25, -0.2) is 14.8 Å². The molecule has 18 nitrogen and oxygen atoms in total. The highest BCUT2D eigenvalue weighted by molar-refractivity contribution is 7.60. The molecular formula is C22H29N5O13P2. The number of imidazole rings is 1. The van der Waals surface area contributed by atoms with Gasteiger partial charge in [0.25, 0.3) is 5.56 Å². The lowest BCUT2D eigenvalue weighted by Crippen LogP contribution is -2.39. The van der Waals surface area contributed by atoms with Crippen molar-refractivity contribution in [3.63, 3.8) is 0 Å². The highest BCUT2D eigenvalue weighted by atomic mass is 31.2. The lowest BCUT2D eigenvalue weighted by Gasteiger charge is -2.24. The van der Waals surface area contributed by atoms with E-state index < -0.39 is 69.7 Å². The number of alkyl carbamates (subject to hydrolysis) is 1. The molecule has 1 saturated heterocycles. The average Bonchev–Trinajstić information content (AvgIpc) is 3.48. The highest BCUT2D eigenvalue weighted by Gasteiger charge is 2.47. The topological polar surface area (TPSA) is 287 Å². The molecule has 2 unspecified atom stereocenters. The fourth-order valence-corrected chi connectivity index (χ4v) is 5.74. The number of nitrogens with zero attached hydrogens (tertiary/aromatic N) is 3. The summed E-state index contributed by atoms with van der Waals surface area (Å²) in [5, 5.41) is 33.7. The molecule has 2 aromatic heterocycles. The number of aromatic amines is 1. The molecule has 0 radical (unpaired) electrons. The number of aliphatic hydroxyl groups excluding tert-OH is 3. The van der Waals surface area contributed by atoms with Crippen molar-refractivity contribution in [3.05, 3.63) is 52.8 Å². The van der Waals surface area contributed by atoms with Gasteiger partial charge in [0, 0.05) is 6.54 Å². The lowest BCUT2D eigenvalue weighted by molar-refractivity contribution is -0.0858. The first-order chi connectivity index (χ1) is 19.7. The molecule has 0 spiro atoms. The minimum absolute atomic E-state index is 0.0416. The molecule has 3 heterocycles. The maximum atomic E-state index is 12.1. The zero-order chi connectivity index (χ0) is 30.8. The molecule has 6 atom stereocenters. The Kier molecular flexibility index (Phi) is 9.64. The van der Waals surface area contributed by atoms with Gasteiger partial charge in [-0.1, -0.05) is 12.1 Å². The standard InChI is InChI=1S/C22H29N5O13P2/c28-14(18-16(29)17(30)21(40-18)27-10-26-15-19(27)24-9-25-20(15)31)6-5-13(42(36,37)38)7-23-22(32)39-8-11-1-3-12(4-2-11)41(33,34)35/h1-4,9-10,13-14,16-18,21,28-30H,5-8H2,(H,23,32)(H,24,25,31)(H2,33,34,35)(H2,36,37,38)/t13?,14?,16-,17+,18+,21+/m0/s1. The molecule has 1 aromatic carbocycles. The average molecular weight is 633 g/mol. The van der Waals surface area contributed by atoms with Crippen LogP contribution >= 0.6 is 15.2 Å². The van der Waals surface area contributed by atoms with Crippen molar-refractivity contribution >= 4 is 37.8 Å². The summed E-state index contributed by atoms with van der Waals surface area (Å²) in [6.45, 7) is -0.823. The van der Waals surface area contributed by atoms with Crippen LogP contribution in [0.4, 0.5) is 4.79 Å². The Labute approximate surface area is 236 Å². The molecule has 230 valence electrons. The molecule has 1 aliphatic heterocycles. The number of amides is 1. The number of benzene rings is 1. The van der Waals surface area contributed by atoms with Gasteiger partial charge in [-0.2, -0.15) is 0 Å². The second-order valence-electron chi connectivity index (χ2n) is 9.58. The van der Waals surface area contributed by atoms with E-state index in [1.807, 2.05) is 0 Å². The number of carbonyl (C=O) groups is 1. The first-order valence-corrected chi connectivity index (χ1v) is 15.7. The maximum Gasteiger partial charge on any atom is 0.407 e. The van der Waals surface area contributed by atoms with E-state index >= 15 is 0 Å². The van der Waals surface area contributed by atoms with E-state index in [0.717, 1.165) is 6.33 Å². The second kappa shape index (κ2) is 12.7. The van der Waals surface area contributed by atoms with Crippen molar-refractivity contribution in [1.29, 1.82) is 0 Å².